The summed E-state index contributed by atoms with van der Waals surface area (Å²) in [6.45, 7) is 2.29. The van der Waals surface area contributed by atoms with E-state index in [1.807, 2.05) is 0 Å². The van der Waals surface area contributed by atoms with E-state index in [4.69, 9.17) is 32.3 Å². The lowest BCUT2D eigenvalue weighted by molar-refractivity contribution is -0.161. The van der Waals surface area contributed by atoms with E-state index < -0.39 is 91.5 Å². The van der Waals surface area contributed by atoms with Gasteiger partial charge in [0.1, 0.15) is 25.4 Å². The van der Waals surface area contributed by atoms with E-state index in [1.165, 1.54) is 77.0 Å². The molecule has 0 heterocycles. The number of hydrogen-bond donors (Lipinski definition) is 4. The molecular formula is C93H152O16P2. The number of unbranched alkanes of at least 4 members (excludes halogenated alkanes) is 24. The van der Waals surface area contributed by atoms with Crippen LogP contribution >= 0.6 is 15.6 Å². The molecule has 0 saturated heterocycles. The minimum absolute atomic E-state index is 0.0419. The molecule has 5 unspecified atom stereocenters. The Morgan fingerprint density at radius 3 is 0.730 bits per heavy atom. The molecule has 0 aliphatic heterocycles. The number of ether oxygens (including phenoxy) is 3. The molecule has 630 valence electrons. The van der Waals surface area contributed by atoms with Gasteiger partial charge in [-0.05, 0) is 161 Å². The zero-order chi connectivity index (χ0) is 80.8. The Balaban J connectivity index is 4.70. The summed E-state index contributed by atoms with van der Waals surface area (Å²) < 4.78 is 61.3. The second kappa shape index (κ2) is 83.8. The van der Waals surface area contributed by atoms with Gasteiger partial charge in [-0.1, -0.05) is 331 Å². The second-order valence-electron chi connectivity index (χ2n) is 27.8. The summed E-state index contributed by atoms with van der Waals surface area (Å²) >= 11 is 0. The maximum atomic E-state index is 13.0. The predicted octanol–water partition coefficient (Wildman–Crippen LogP) is 25.9. The van der Waals surface area contributed by atoms with Gasteiger partial charge in [-0.3, -0.25) is 32.5 Å². The molecule has 0 radical (unpaired) electrons. The van der Waals surface area contributed by atoms with Gasteiger partial charge in [0.15, 0.2) is 6.10 Å². The van der Waals surface area contributed by atoms with Crippen molar-refractivity contribution < 1.29 is 75.8 Å². The minimum atomic E-state index is -4.96. The Kier molecular flexibility index (Phi) is 79.6. The number of carbonyl (C=O) groups excluding carboxylic acids is 3. The van der Waals surface area contributed by atoms with Crippen LogP contribution in [0, 0.1) is 0 Å². The number of carbonyl (C=O) groups is 3. The Morgan fingerprint density at radius 1 is 0.252 bits per heavy atom. The third-order valence-corrected chi connectivity index (χ3v) is 19.2. The van der Waals surface area contributed by atoms with Gasteiger partial charge in [0.2, 0.25) is 0 Å². The number of aliphatic hydroxyl groups excluding tert-OH is 2. The fourth-order valence-electron chi connectivity index (χ4n) is 10.9. The van der Waals surface area contributed by atoms with E-state index in [0.717, 1.165) is 173 Å². The Labute approximate surface area is 674 Å². The quantitative estimate of drug-likeness (QED) is 0.0146. The lowest BCUT2D eigenvalue weighted by Gasteiger charge is -2.21. The molecule has 0 amide bonds. The van der Waals surface area contributed by atoms with Gasteiger partial charge in [0.25, 0.3) is 0 Å². The van der Waals surface area contributed by atoms with Gasteiger partial charge in [-0.2, -0.15) is 0 Å². The van der Waals surface area contributed by atoms with Crippen LogP contribution in [0.4, 0.5) is 0 Å². The largest absolute Gasteiger partial charge is 0.472 e. The van der Waals surface area contributed by atoms with Crippen LogP contribution in [0.2, 0.25) is 0 Å². The molecule has 0 spiro atoms. The number of allylic oxidation sites excluding steroid dienone is 32. The Bertz CT molecular complexity index is 2800. The number of hydrogen-bond acceptors (Lipinski definition) is 14. The van der Waals surface area contributed by atoms with Gasteiger partial charge >= 0.3 is 33.6 Å². The van der Waals surface area contributed by atoms with Crippen molar-refractivity contribution in [1.29, 1.82) is 0 Å². The standard InChI is InChI=1S/C93H152O16P2/c1-4-7-10-13-16-19-22-25-28-31-34-37-39-41-43-45-47-50-52-55-58-61-64-67-70-73-76-79-91(96)103-82-88(94)83-105-110(99,100)106-84-89(95)85-107-111(101,102)108-87-90(109-93(98)81-78-75-72-69-66-63-60-57-54-49-36-33-30-27-24-21-18-15-12-9-6-3)86-104-92(97)80-77-74-71-68-65-62-59-56-53-51-48-46-44-42-40-38-35-32-29-26-23-20-17-14-11-8-5-2/h7-12,16-21,25-30,34-38,41-44,49,57,60,66,69,88-90,94-95H,4-6,13-15,22-24,31-33,39-40,45-48,50-56,58-59,61-65,67-68,70-87H2,1-3H3,(H,99,100)(H,101,102)/b10-7-,11-8-,12-9-,19-16-,20-17-,21-18-,28-25-,29-26-,30-27-,37-34-,38-35-,43-41-,44-42-,49-36-,60-57-,69-66-. The first kappa shape index (κ1) is 105. The number of phosphoric acid groups is 2. The smallest absolute Gasteiger partial charge is 0.463 e. The average Bonchev–Trinajstić information content (AvgIpc) is 0.901. The Hall–Kier alpha value is -5.61. The highest BCUT2D eigenvalue weighted by molar-refractivity contribution is 7.47. The van der Waals surface area contributed by atoms with Crippen LogP contribution < -0.4 is 0 Å². The summed E-state index contributed by atoms with van der Waals surface area (Å²) in [5, 5.41) is 20.7. The van der Waals surface area contributed by atoms with E-state index in [2.05, 4.69) is 215 Å². The molecular weight excluding hydrogens is 1430 g/mol. The molecule has 0 aliphatic rings. The molecule has 18 heteroatoms. The van der Waals surface area contributed by atoms with Crippen LogP contribution in [0.15, 0.2) is 194 Å². The zero-order valence-electron chi connectivity index (χ0n) is 69.1. The van der Waals surface area contributed by atoms with Crippen LogP contribution in [-0.2, 0) is 55.8 Å². The van der Waals surface area contributed by atoms with Crippen molar-refractivity contribution in [3.05, 3.63) is 194 Å². The summed E-state index contributed by atoms with van der Waals surface area (Å²) in [5.41, 5.74) is 0. The molecule has 0 aliphatic carbocycles. The van der Waals surface area contributed by atoms with Crippen molar-refractivity contribution in [2.75, 3.05) is 39.6 Å². The molecule has 5 atom stereocenters. The van der Waals surface area contributed by atoms with Crippen molar-refractivity contribution in [1.82, 2.24) is 0 Å². The second-order valence-corrected chi connectivity index (χ2v) is 30.7. The molecule has 111 heavy (non-hydrogen) atoms. The van der Waals surface area contributed by atoms with Crippen LogP contribution in [-0.4, -0.2) is 95.9 Å². The number of aliphatic hydroxyl groups is 2. The number of rotatable bonds is 79. The van der Waals surface area contributed by atoms with Crippen LogP contribution in [0.25, 0.3) is 0 Å². The fraction of sp³-hybridized carbons (Fsp3) is 0.624. The third-order valence-electron chi connectivity index (χ3n) is 17.3. The Morgan fingerprint density at radius 2 is 0.450 bits per heavy atom. The van der Waals surface area contributed by atoms with Gasteiger partial charge in [0, 0.05) is 19.3 Å². The predicted molar refractivity (Wildman–Crippen MR) is 463 cm³/mol. The number of esters is 3. The van der Waals surface area contributed by atoms with E-state index in [1.54, 1.807) is 0 Å². The van der Waals surface area contributed by atoms with Crippen LogP contribution in [0.5, 0.6) is 0 Å². The highest BCUT2D eigenvalue weighted by Crippen LogP contribution is 2.45. The van der Waals surface area contributed by atoms with Gasteiger partial charge < -0.3 is 34.2 Å². The molecule has 0 saturated carbocycles. The van der Waals surface area contributed by atoms with E-state index >= 15 is 0 Å². The van der Waals surface area contributed by atoms with Crippen molar-refractivity contribution >= 4 is 33.6 Å². The van der Waals surface area contributed by atoms with Gasteiger partial charge in [-0.15, -0.1) is 0 Å². The van der Waals surface area contributed by atoms with Crippen molar-refractivity contribution in [2.45, 2.75) is 334 Å². The first-order valence-corrected chi connectivity index (χ1v) is 45.7. The zero-order valence-corrected chi connectivity index (χ0v) is 70.8. The van der Waals surface area contributed by atoms with E-state index in [-0.39, 0.29) is 19.3 Å². The molecule has 0 fully saturated rings. The van der Waals surface area contributed by atoms with E-state index in [9.17, 15) is 43.5 Å². The molecule has 0 aromatic rings. The maximum absolute atomic E-state index is 13.0. The highest BCUT2D eigenvalue weighted by atomic mass is 31.2. The lowest BCUT2D eigenvalue weighted by atomic mass is 10.0. The summed E-state index contributed by atoms with van der Waals surface area (Å²) in [5.74, 6) is -1.64. The third kappa shape index (κ3) is 85.1. The van der Waals surface area contributed by atoms with Gasteiger partial charge in [0.05, 0.1) is 26.4 Å². The summed E-state index contributed by atoms with van der Waals surface area (Å²) in [4.78, 5) is 58.9. The summed E-state index contributed by atoms with van der Waals surface area (Å²) in [6, 6.07) is 0. The molecule has 0 aromatic heterocycles. The normalized spacial score (nSPS) is 14.8. The molecule has 0 aromatic carbocycles. The SMILES string of the molecule is CC/C=C\C/C=C\C/C=C\C/C=C\C/C=C\C/C=C\CCCCC(=O)OC(COC(=O)CCCCCCCCCCCCC/C=C\C/C=C\C/C=C\C/C=C\C/C=C\CC)COP(=O)(O)OCC(O)COP(=O)(O)OCC(O)COC(=O)CCCCCCCCCCCCC/C=C\C/C=C\C/C=C\C/C=C\C/C=C\CC. The topological polar surface area (TPSA) is 231 Å². The van der Waals surface area contributed by atoms with Crippen molar-refractivity contribution in [3.8, 4) is 0 Å². The molecule has 4 N–H and O–H groups in total. The minimum Gasteiger partial charge on any atom is -0.463 e. The first-order chi connectivity index (χ1) is 54.2. The summed E-state index contributed by atoms with van der Waals surface area (Å²) in [7, 11) is -9.83. The lowest BCUT2D eigenvalue weighted by Crippen LogP contribution is -2.30. The fourth-order valence-corrected chi connectivity index (χ4v) is 12.5. The van der Waals surface area contributed by atoms with E-state index in [0.29, 0.717) is 25.7 Å². The molecule has 16 nitrogen and oxygen atoms in total. The van der Waals surface area contributed by atoms with Gasteiger partial charge in [-0.25, -0.2) is 9.13 Å². The first-order valence-electron chi connectivity index (χ1n) is 42.7. The summed E-state index contributed by atoms with van der Waals surface area (Å²) in [6.07, 6.45) is 110. The van der Waals surface area contributed by atoms with Crippen LogP contribution in [0.1, 0.15) is 316 Å². The van der Waals surface area contributed by atoms with Crippen molar-refractivity contribution in [3.63, 3.8) is 0 Å². The molecule has 0 bridgehead atoms. The van der Waals surface area contributed by atoms with Crippen molar-refractivity contribution in [2.24, 2.45) is 0 Å². The maximum Gasteiger partial charge on any atom is 0.472 e. The monoisotopic (exact) mass is 1590 g/mol. The molecule has 0 rings (SSSR count). The van der Waals surface area contributed by atoms with Crippen LogP contribution in [0.3, 0.4) is 0 Å². The highest BCUT2D eigenvalue weighted by Gasteiger charge is 2.29. The number of phosphoric ester groups is 2. The average molecular weight is 1590 g/mol.